The third-order valence-electron chi connectivity index (χ3n) is 2.71. The molecule has 2 aromatic rings. The number of aryl methyl sites for hydroxylation is 2. The van der Waals surface area contributed by atoms with Gasteiger partial charge in [0.05, 0.1) is 5.69 Å². The highest BCUT2D eigenvalue weighted by Gasteiger charge is 2.30. The lowest BCUT2D eigenvalue weighted by Crippen LogP contribution is -2.25. The number of fused-ring (bicyclic) bond motifs is 3. The van der Waals surface area contributed by atoms with Gasteiger partial charge < -0.3 is 5.09 Å². The van der Waals surface area contributed by atoms with Crippen LogP contribution in [-0.4, -0.2) is 10.9 Å². The van der Waals surface area contributed by atoms with Crippen molar-refractivity contribution in [3.63, 3.8) is 0 Å². The van der Waals surface area contributed by atoms with Gasteiger partial charge in [0.2, 0.25) is 0 Å². The van der Waals surface area contributed by atoms with Gasteiger partial charge in [-0.25, -0.2) is 4.98 Å². The second kappa shape index (κ2) is 3.93. The zero-order chi connectivity index (χ0) is 13.1. The van der Waals surface area contributed by atoms with E-state index in [0.29, 0.717) is 4.88 Å². The smallest absolute Gasteiger partial charge is 0.269 e. The minimum absolute atomic E-state index is 0.151. The molecule has 8 heteroatoms. The van der Waals surface area contributed by atoms with Gasteiger partial charge in [0.1, 0.15) is 9.71 Å². The molecule has 4 nitrogen and oxygen atoms in total. The lowest BCUT2D eigenvalue weighted by molar-refractivity contribution is 0.0986. The van der Waals surface area contributed by atoms with Crippen molar-refractivity contribution in [2.75, 3.05) is 5.09 Å². The van der Waals surface area contributed by atoms with E-state index in [1.807, 2.05) is 19.9 Å². The van der Waals surface area contributed by atoms with Crippen molar-refractivity contribution in [3.05, 3.63) is 22.2 Å². The monoisotopic (exact) mass is 315 g/mol. The van der Waals surface area contributed by atoms with E-state index in [-0.39, 0.29) is 5.91 Å². The number of thiophene rings is 1. The summed E-state index contributed by atoms with van der Waals surface area (Å²) in [6.07, 6.45) is 0. The van der Waals surface area contributed by atoms with Crippen molar-refractivity contribution in [3.8, 4) is 0 Å². The Kier molecular flexibility index (Phi) is 2.71. The number of carbonyl (C=O) groups excluding carboxylic acids is 1. The van der Waals surface area contributed by atoms with Crippen LogP contribution in [0.1, 0.15) is 20.9 Å². The fraction of sp³-hybridized carbons (Fsp3) is 0.200. The Labute approximate surface area is 118 Å². The highest BCUT2D eigenvalue weighted by Crippen LogP contribution is 2.54. The van der Waals surface area contributed by atoms with E-state index in [4.69, 9.17) is 11.8 Å². The molecule has 0 aromatic carbocycles. The summed E-state index contributed by atoms with van der Waals surface area (Å²) in [7, 11) is 0. The molecule has 3 heterocycles. The molecule has 0 bridgehead atoms. The van der Waals surface area contributed by atoms with Gasteiger partial charge in [-0.05, 0) is 37.3 Å². The van der Waals surface area contributed by atoms with E-state index in [0.717, 1.165) is 27.2 Å². The summed E-state index contributed by atoms with van der Waals surface area (Å²) in [6.45, 7) is 3.96. The molecule has 1 aliphatic rings. The average molecular weight is 315 g/mol. The fourth-order valence-electron chi connectivity index (χ4n) is 2.08. The normalized spacial score (nSPS) is 22.5. The second-order valence-corrected chi connectivity index (χ2v) is 11.0. The number of thiol groups is 1. The van der Waals surface area contributed by atoms with Gasteiger partial charge in [-0.15, -0.1) is 23.6 Å². The highest BCUT2D eigenvalue weighted by atomic mass is 32.9. The Hall–Kier alpha value is -0.620. The van der Waals surface area contributed by atoms with Crippen LogP contribution >= 0.6 is 29.1 Å². The van der Waals surface area contributed by atoms with Crippen molar-refractivity contribution in [2.24, 2.45) is 0 Å². The predicted octanol–water partition coefficient (Wildman–Crippen LogP) is 3.22. The molecule has 3 rings (SSSR count). The number of hydrogen-bond donors (Lipinski definition) is 3. The van der Waals surface area contributed by atoms with Crippen molar-refractivity contribution in [1.29, 1.82) is 0 Å². The van der Waals surface area contributed by atoms with E-state index in [2.05, 4.69) is 27.4 Å². The number of pyridine rings is 1. The third kappa shape index (κ3) is 1.86. The standard InChI is InChI=1S/C10H10N3OPS3/c1-4-3-5(2)11-10-6(4)7-8(18-10)9(14)13-15(16,17)12-7/h3H,1-2H3,(H3,12,13,14,16,17). The molecule has 1 unspecified atom stereocenters. The number of rotatable bonds is 0. The van der Waals surface area contributed by atoms with Gasteiger partial charge in [-0.3, -0.25) is 9.88 Å². The molecule has 0 aliphatic carbocycles. The van der Waals surface area contributed by atoms with E-state index < -0.39 is 5.54 Å². The quantitative estimate of drug-likeness (QED) is 0.516. The van der Waals surface area contributed by atoms with Gasteiger partial charge in [0, 0.05) is 11.1 Å². The number of amides is 1. The van der Waals surface area contributed by atoms with E-state index in [9.17, 15) is 4.79 Å². The third-order valence-corrected chi connectivity index (χ3v) is 5.97. The summed E-state index contributed by atoms with van der Waals surface area (Å²) >= 11 is 11.0. The maximum atomic E-state index is 12.0. The topological polar surface area (TPSA) is 54.0 Å². The lowest BCUT2D eigenvalue weighted by Gasteiger charge is -2.25. The largest absolute Gasteiger partial charge is 0.332 e. The van der Waals surface area contributed by atoms with Gasteiger partial charge in [0.15, 0.2) is 5.54 Å². The predicted molar refractivity (Wildman–Crippen MR) is 83.5 cm³/mol. The summed E-state index contributed by atoms with van der Waals surface area (Å²) in [6, 6.07) is 2.01. The molecule has 1 amide bonds. The molecule has 0 radical (unpaired) electrons. The van der Waals surface area contributed by atoms with Crippen LogP contribution in [0, 0.1) is 13.8 Å². The van der Waals surface area contributed by atoms with Crippen LogP contribution in [0.25, 0.3) is 10.2 Å². The molecular formula is C10H10N3OPS3. The van der Waals surface area contributed by atoms with Crippen molar-refractivity contribution in [2.45, 2.75) is 13.8 Å². The molecule has 2 N–H and O–H groups in total. The number of nitrogens with zero attached hydrogens (tertiary/aromatic N) is 1. The maximum absolute atomic E-state index is 12.0. The SMILES string of the molecule is Cc1cc(C)c2c3c(sc2n1)C(=O)NP(=S)(S)N3. The Balaban J connectivity index is 2.38. The number of nitrogens with one attached hydrogen (secondary N) is 2. The Morgan fingerprint density at radius 1 is 1.44 bits per heavy atom. The summed E-state index contributed by atoms with van der Waals surface area (Å²) in [5.74, 6) is -0.151. The number of anilines is 1. The van der Waals surface area contributed by atoms with Gasteiger partial charge in [-0.2, -0.15) is 0 Å². The number of carbonyl (C=O) groups is 1. The Morgan fingerprint density at radius 3 is 2.89 bits per heavy atom. The Morgan fingerprint density at radius 2 is 2.17 bits per heavy atom. The molecular weight excluding hydrogens is 305 g/mol. The van der Waals surface area contributed by atoms with Crippen molar-refractivity contribution >= 4 is 62.7 Å². The molecule has 18 heavy (non-hydrogen) atoms. The number of aromatic nitrogens is 1. The minimum atomic E-state index is -2.32. The van der Waals surface area contributed by atoms with Crippen LogP contribution in [0.5, 0.6) is 0 Å². The minimum Gasteiger partial charge on any atom is -0.332 e. The first-order valence-corrected chi connectivity index (χ1v) is 9.99. The van der Waals surface area contributed by atoms with Crippen LogP contribution in [-0.2, 0) is 11.8 Å². The average Bonchev–Trinajstić information content (AvgIpc) is 2.54. The molecule has 94 valence electrons. The van der Waals surface area contributed by atoms with Crippen LogP contribution < -0.4 is 10.2 Å². The van der Waals surface area contributed by atoms with Gasteiger partial charge >= 0.3 is 0 Å². The molecule has 0 saturated heterocycles. The zero-order valence-electron chi connectivity index (χ0n) is 9.64. The lowest BCUT2D eigenvalue weighted by atomic mass is 10.1. The van der Waals surface area contributed by atoms with E-state index >= 15 is 0 Å². The second-order valence-electron chi connectivity index (χ2n) is 4.20. The molecule has 1 atom stereocenters. The first-order chi connectivity index (χ1) is 8.37. The summed E-state index contributed by atoms with van der Waals surface area (Å²) in [5, 5.41) is 6.89. The molecule has 2 aromatic heterocycles. The summed E-state index contributed by atoms with van der Waals surface area (Å²) in [4.78, 5) is 18.0. The van der Waals surface area contributed by atoms with E-state index in [1.54, 1.807) is 0 Å². The first kappa shape index (κ1) is 12.4. The van der Waals surface area contributed by atoms with Crippen LogP contribution in [0.15, 0.2) is 6.07 Å². The molecule has 0 spiro atoms. The molecule has 1 aliphatic heterocycles. The molecule has 0 saturated carbocycles. The van der Waals surface area contributed by atoms with Crippen molar-refractivity contribution < 1.29 is 4.79 Å². The Bertz CT molecular complexity index is 740. The maximum Gasteiger partial charge on any atom is 0.269 e. The van der Waals surface area contributed by atoms with Gasteiger partial charge in [-0.1, -0.05) is 0 Å². The van der Waals surface area contributed by atoms with Gasteiger partial charge in [0.25, 0.3) is 5.91 Å². The highest BCUT2D eigenvalue weighted by molar-refractivity contribution is 8.63. The summed E-state index contributed by atoms with van der Waals surface area (Å²) in [5.41, 5.74) is 0.519. The summed E-state index contributed by atoms with van der Waals surface area (Å²) < 4.78 is 0. The van der Waals surface area contributed by atoms with E-state index in [1.165, 1.54) is 11.3 Å². The van der Waals surface area contributed by atoms with Crippen molar-refractivity contribution in [1.82, 2.24) is 10.1 Å². The van der Waals surface area contributed by atoms with Crippen LogP contribution in [0.4, 0.5) is 5.69 Å². The fourth-order valence-corrected chi connectivity index (χ4v) is 5.44. The first-order valence-electron chi connectivity index (χ1n) is 5.22. The van der Waals surface area contributed by atoms with Crippen LogP contribution in [0.2, 0.25) is 0 Å². The van der Waals surface area contributed by atoms with Crippen LogP contribution in [0.3, 0.4) is 0 Å². The number of hydrogen-bond acceptors (Lipinski definition) is 4. The molecule has 0 fully saturated rings. The zero-order valence-corrected chi connectivity index (χ0v) is 13.1.